The van der Waals surface area contributed by atoms with Gasteiger partial charge in [0.05, 0.1) is 6.04 Å². The predicted octanol–water partition coefficient (Wildman–Crippen LogP) is 4.73. The number of benzene rings is 2. The molecule has 30 heavy (non-hydrogen) atoms. The number of hydrogen-bond donors (Lipinski definition) is 2. The van der Waals surface area contributed by atoms with Crippen molar-refractivity contribution in [3.63, 3.8) is 0 Å². The highest BCUT2D eigenvalue weighted by Gasteiger charge is 2.38. The minimum absolute atomic E-state index is 0.196. The molecule has 2 heterocycles. The average Bonchev–Trinajstić information content (AvgIpc) is 3.12. The number of thioether (sulfide) groups is 1. The summed E-state index contributed by atoms with van der Waals surface area (Å²) in [7, 11) is 0. The number of fused-ring (bicyclic) bond motifs is 1. The fraction of sp³-hybridized carbons (Fsp3) is 0.286. The lowest BCUT2D eigenvalue weighted by molar-refractivity contribution is -0.116. The van der Waals surface area contributed by atoms with E-state index in [0.717, 1.165) is 29.8 Å². The number of aromatic nitrogens is 3. The molecule has 2 unspecified atom stereocenters. The molecule has 0 fully saturated rings. The molecule has 0 aliphatic carbocycles. The van der Waals surface area contributed by atoms with Crippen LogP contribution in [0.3, 0.4) is 0 Å². The number of rotatable bonds is 5. The Balaban J connectivity index is 1.68. The fourth-order valence-electron chi connectivity index (χ4n) is 3.34. The molecule has 2 atom stereocenters. The lowest BCUT2D eigenvalue weighted by atomic mass is 10.0. The van der Waals surface area contributed by atoms with E-state index in [-0.39, 0.29) is 11.7 Å². The standard InChI is InChI=1S/C21H21ClFN5OS/c1-3-4-17-25-26-21-28(17)27-18(13-6-9-15(23)10-7-13)19(30-21)20(29)24-16-11-14(22)8-5-12(16)2/h5-11,18-19,27H,3-4H2,1-2H3,(H,24,29). The van der Waals surface area contributed by atoms with E-state index in [1.807, 2.05) is 17.7 Å². The third-order valence-electron chi connectivity index (χ3n) is 4.92. The van der Waals surface area contributed by atoms with Crippen molar-refractivity contribution in [1.29, 1.82) is 0 Å². The molecule has 0 saturated heterocycles. The maximum atomic E-state index is 13.5. The summed E-state index contributed by atoms with van der Waals surface area (Å²) in [6.45, 7) is 3.97. The normalized spacial score (nSPS) is 17.9. The van der Waals surface area contributed by atoms with Crippen molar-refractivity contribution in [2.75, 3.05) is 10.7 Å². The van der Waals surface area contributed by atoms with Gasteiger partial charge in [0.15, 0.2) is 5.82 Å². The van der Waals surface area contributed by atoms with Crippen LogP contribution < -0.4 is 10.7 Å². The van der Waals surface area contributed by atoms with Crippen LogP contribution in [0, 0.1) is 12.7 Å². The van der Waals surface area contributed by atoms with Gasteiger partial charge < -0.3 is 10.7 Å². The van der Waals surface area contributed by atoms with Crippen LogP contribution in [-0.2, 0) is 11.2 Å². The Morgan fingerprint density at radius 2 is 2.03 bits per heavy atom. The fourth-order valence-corrected chi connectivity index (χ4v) is 4.61. The van der Waals surface area contributed by atoms with Gasteiger partial charge in [-0.3, -0.25) is 4.79 Å². The second-order valence-electron chi connectivity index (χ2n) is 7.13. The highest BCUT2D eigenvalue weighted by molar-refractivity contribution is 8.00. The van der Waals surface area contributed by atoms with Gasteiger partial charge in [-0.15, -0.1) is 10.2 Å². The van der Waals surface area contributed by atoms with Gasteiger partial charge >= 0.3 is 0 Å². The van der Waals surface area contributed by atoms with Gasteiger partial charge in [0.25, 0.3) is 0 Å². The van der Waals surface area contributed by atoms with E-state index >= 15 is 0 Å². The number of halogens is 2. The number of anilines is 1. The second-order valence-corrected chi connectivity index (χ2v) is 8.67. The Hall–Kier alpha value is -2.58. The molecule has 156 valence electrons. The summed E-state index contributed by atoms with van der Waals surface area (Å²) in [5.41, 5.74) is 5.74. The maximum absolute atomic E-state index is 13.5. The summed E-state index contributed by atoms with van der Waals surface area (Å²) >= 11 is 7.44. The number of carbonyl (C=O) groups excluding carboxylic acids is 1. The number of amides is 1. The Labute approximate surface area is 183 Å². The summed E-state index contributed by atoms with van der Waals surface area (Å²) in [5, 5.41) is 12.1. The molecule has 0 radical (unpaired) electrons. The van der Waals surface area contributed by atoms with E-state index in [9.17, 15) is 9.18 Å². The van der Waals surface area contributed by atoms with Crippen LogP contribution in [0.25, 0.3) is 0 Å². The van der Waals surface area contributed by atoms with E-state index in [1.165, 1.54) is 23.9 Å². The predicted molar refractivity (Wildman–Crippen MR) is 117 cm³/mol. The third-order valence-corrected chi connectivity index (χ3v) is 6.37. The molecule has 9 heteroatoms. The highest BCUT2D eigenvalue weighted by Crippen LogP contribution is 2.38. The minimum Gasteiger partial charge on any atom is -0.325 e. The summed E-state index contributed by atoms with van der Waals surface area (Å²) < 4.78 is 15.3. The van der Waals surface area contributed by atoms with E-state index < -0.39 is 11.3 Å². The lowest BCUT2D eigenvalue weighted by Gasteiger charge is -2.33. The minimum atomic E-state index is -0.542. The Morgan fingerprint density at radius 3 is 2.77 bits per heavy atom. The summed E-state index contributed by atoms with van der Waals surface area (Å²) in [4.78, 5) is 13.3. The van der Waals surface area contributed by atoms with Crippen molar-refractivity contribution >= 4 is 35.0 Å². The van der Waals surface area contributed by atoms with Crippen molar-refractivity contribution in [2.45, 2.75) is 43.1 Å². The van der Waals surface area contributed by atoms with E-state index in [2.05, 4.69) is 27.9 Å². The van der Waals surface area contributed by atoms with Gasteiger partial charge in [-0.05, 0) is 48.7 Å². The lowest BCUT2D eigenvalue weighted by Crippen LogP contribution is -2.41. The van der Waals surface area contributed by atoms with Gasteiger partial charge in [0.2, 0.25) is 11.1 Å². The molecule has 0 spiro atoms. The summed E-state index contributed by atoms with van der Waals surface area (Å²) in [5.74, 6) is 0.282. The van der Waals surface area contributed by atoms with Crippen molar-refractivity contribution in [1.82, 2.24) is 14.9 Å². The molecule has 0 bridgehead atoms. The first-order chi connectivity index (χ1) is 14.5. The molecule has 1 aliphatic heterocycles. The Morgan fingerprint density at radius 1 is 1.27 bits per heavy atom. The number of carbonyl (C=O) groups is 1. The van der Waals surface area contributed by atoms with Gasteiger partial charge in [-0.2, -0.15) is 0 Å². The average molecular weight is 446 g/mol. The first-order valence-electron chi connectivity index (χ1n) is 9.66. The van der Waals surface area contributed by atoms with E-state index in [0.29, 0.717) is 15.9 Å². The van der Waals surface area contributed by atoms with Gasteiger partial charge in [0, 0.05) is 17.1 Å². The first-order valence-corrected chi connectivity index (χ1v) is 10.9. The Bertz CT molecular complexity index is 1070. The van der Waals surface area contributed by atoms with Crippen molar-refractivity contribution in [2.24, 2.45) is 0 Å². The molecule has 1 amide bonds. The van der Waals surface area contributed by atoms with Crippen LogP contribution >= 0.6 is 23.4 Å². The molecule has 2 aromatic carbocycles. The van der Waals surface area contributed by atoms with Gasteiger partial charge in [-0.25, -0.2) is 9.07 Å². The third kappa shape index (κ3) is 4.15. The van der Waals surface area contributed by atoms with Crippen LogP contribution in [0.1, 0.15) is 36.3 Å². The van der Waals surface area contributed by atoms with Crippen molar-refractivity contribution in [3.8, 4) is 0 Å². The molecule has 6 nitrogen and oxygen atoms in total. The van der Waals surface area contributed by atoms with Crippen LogP contribution in [-0.4, -0.2) is 26.0 Å². The summed E-state index contributed by atoms with van der Waals surface area (Å²) in [6.07, 6.45) is 1.68. The molecule has 3 aromatic rings. The zero-order valence-electron chi connectivity index (χ0n) is 16.5. The molecule has 4 rings (SSSR count). The Kier molecular flexibility index (Phi) is 5.97. The van der Waals surface area contributed by atoms with Crippen molar-refractivity contribution in [3.05, 3.63) is 70.3 Å². The number of hydrogen-bond acceptors (Lipinski definition) is 5. The molecule has 1 aromatic heterocycles. The topological polar surface area (TPSA) is 71.8 Å². The molecule has 2 N–H and O–H groups in total. The highest BCUT2D eigenvalue weighted by atomic mass is 35.5. The van der Waals surface area contributed by atoms with Crippen molar-refractivity contribution < 1.29 is 9.18 Å². The SMILES string of the molecule is CCCc1nnc2n1NC(c1ccc(F)cc1)C(C(=O)Nc1cc(Cl)ccc1C)S2. The van der Waals surface area contributed by atoms with Crippen LogP contribution in [0.4, 0.5) is 10.1 Å². The molecular formula is C21H21ClFN5OS. The smallest absolute Gasteiger partial charge is 0.240 e. The van der Waals surface area contributed by atoms with E-state index in [1.54, 1.807) is 24.3 Å². The first kappa shape index (κ1) is 20.7. The number of aryl methyl sites for hydroxylation is 2. The summed E-state index contributed by atoms with van der Waals surface area (Å²) in [6, 6.07) is 11.1. The van der Waals surface area contributed by atoms with Crippen LogP contribution in [0.5, 0.6) is 0 Å². The molecule has 1 aliphatic rings. The van der Waals surface area contributed by atoms with Gasteiger partial charge in [-0.1, -0.05) is 48.5 Å². The maximum Gasteiger partial charge on any atom is 0.240 e. The molecular weight excluding hydrogens is 425 g/mol. The second kappa shape index (κ2) is 8.65. The van der Waals surface area contributed by atoms with Crippen LogP contribution in [0.15, 0.2) is 47.6 Å². The number of nitrogens with zero attached hydrogens (tertiary/aromatic N) is 3. The van der Waals surface area contributed by atoms with E-state index in [4.69, 9.17) is 11.6 Å². The van der Waals surface area contributed by atoms with Gasteiger partial charge in [0.1, 0.15) is 11.1 Å². The molecule has 0 saturated carbocycles. The quantitative estimate of drug-likeness (QED) is 0.594. The number of nitrogens with one attached hydrogen (secondary N) is 2. The zero-order chi connectivity index (χ0) is 21.3. The largest absolute Gasteiger partial charge is 0.325 e. The monoisotopic (exact) mass is 445 g/mol. The zero-order valence-corrected chi connectivity index (χ0v) is 18.1. The van der Waals surface area contributed by atoms with Crippen LogP contribution in [0.2, 0.25) is 5.02 Å².